The number of halogens is 3. The Morgan fingerprint density at radius 1 is 1.24 bits per heavy atom. The molecule has 0 aliphatic carbocycles. The molecular formula is C11H12F3N3. The summed E-state index contributed by atoms with van der Waals surface area (Å²) in [6.45, 7) is 5.73. The molecule has 0 amide bonds. The molecule has 0 atom stereocenters. The lowest BCUT2D eigenvalue weighted by atomic mass is 9.93. The smallest absolute Gasteiger partial charge is 0.260 e. The van der Waals surface area contributed by atoms with E-state index in [2.05, 4.69) is 9.97 Å². The number of alkyl halides is 2. The van der Waals surface area contributed by atoms with Gasteiger partial charge in [-0.2, -0.15) is 4.39 Å². The zero-order valence-electron chi connectivity index (χ0n) is 9.71. The first-order valence-electron chi connectivity index (χ1n) is 5.13. The lowest BCUT2D eigenvalue weighted by Gasteiger charge is -2.13. The molecule has 2 aromatic rings. The van der Waals surface area contributed by atoms with E-state index in [1.165, 1.54) is 6.20 Å². The zero-order chi connectivity index (χ0) is 12.8. The van der Waals surface area contributed by atoms with E-state index in [-0.39, 0.29) is 11.1 Å². The Kier molecular flexibility index (Phi) is 2.60. The molecule has 3 nitrogen and oxygen atoms in total. The van der Waals surface area contributed by atoms with Crippen molar-refractivity contribution in [3.8, 4) is 0 Å². The molecule has 0 aromatic carbocycles. The first-order chi connectivity index (χ1) is 7.79. The summed E-state index contributed by atoms with van der Waals surface area (Å²) in [6.07, 6.45) is -2.29. The Balaban J connectivity index is 2.65. The van der Waals surface area contributed by atoms with Gasteiger partial charge in [-0.05, 0) is 0 Å². The lowest BCUT2D eigenvalue weighted by molar-refractivity contribution is 0.144. The molecule has 0 saturated heterocycles. The van der Waals surface area contributed by atoms with Gasteiger partial charge in [0.15, 0.2) is 0 Å². The van der Waals surface area contributed by atoms with Crippen LogP contribution in [0.4, 0.5) is 13.2 Å². The highest BCUT2D eigenvalue weighted by molar-refractivity contribution is 5.42. The third-order valence-electron chi connectivity index (χ3n) is 2.42. The highest BCUT2D eigenvalue weighted by atomic mass is 19.3. The second-order valence-electron chi connectivity index (χ2n) is 4.86. The number of imidazole rings is 1. The second-order valence-corrected chi connectivity index (χ2v) is 4.86. The number of hydrogen-bond donors (Lipinski definition) is 0. The zero-order valence-corrected chi connectivity index (χ0v) is 9.71. The average molecular weight is 243 g/mol. The van der Waals surface area contributed by atoms with Gasteiger partial charge in [-0.3, -0.25) is 4.40 Å². The van der Waals surface area contributed by atoms with Crippen molar-refractivity contribution in [1.82, 2.24) is 14.4 Å². The predicted molar refractivity (Wildman–Crippen MR) is 56.6 cm³/mol. The molecule has 2 aromatic heterocycles. The maximum atomic E-state index is 13.5. The molecule has 0 spiro atoms. The fourth-order valence-electron chi connectivity index (χ4n) is 1.44. The summed E-state index contributed by atoms with van der Waals surface area (Å²) in [6, 6.07) is 1.10. The van der Waals surface area contributed by atoms with Gasteiger partial charge in [0.1, 0.15) is 11.3 Å². The lowest BCUT2D eigenvalue weighted by Crippen LogP contribution is -2.11. The van der Waals surface area contributed by atoms with Crippen molar-refractivity contribution in [2.45, 2.75) is 32.6 Å². The summed E-state index contributed by atoms with van der Waals surface area (Å²) >= 11 is 0. The quantitative estimate of drug-likeness (QED) is 0.720. The second kappa shape index (κ2) is 3.72. The van der Waals surface area contributed by atoms with Gasteiger partial charge in [0.2, 0.25) is 0 Å². The molecule has 0 N–H and O–H groups in total. The van der Waals surface area contributed by atoms with E-state index in [0.717, 1.165) is 10.5 Å². The van der Waals surface area contributed by atoms with Crippen molar-refractivity contribution >= 4 is 5.65 Å². The Morgan fingerprint density at radius 2 is 1.88 bits per heavy atom. The van der Waals surface area contributed by atoms with Crippen LogP contribution in [0.5, 0.6) is 0 Å². The SMILES string of the molecule is CC(C)(C)c1cn2c(F)nc(C(F)F)cc2n1. The molecule has 0 radical (unpaired) electrons. The van der Waals surface area contributed by atoms with Gasteiger partial charge in [0, 0.05) is 17.7 Å². The van der Waals surface area contributed by atoms with Crippen LogP contribution in [0.25, 0.3) is 5.65 Å². The standard InChI is InChI=1S/C11H12F3N3/c1-11(2,3)7-5-17-8(16-7)4-6(9(12)13)15-10(17)14/h4-5,9H,1-3H3. The first-order valence-corrected chi connectivity index (χ1v) is 5.13. The van der Waals surface area contributed by atoms with E-state index in [9.17, 15) is 13.2 Å². The minimum atomic E-state index is -2.80. The van der Waals surface area contributed by atoms with E-state index in [4.69, 9.17) is 0 Å². The summed E-state index contributed by atoms with van der Waals surface area (Å²) in [4.78, 5) is 7.34. The molecule has 6 heteroatoms. The van der Waals surface area contributed by atoms with Crippen molar-refractivity contribution in [2.75, 3.05) is 0 Å². The van der Waals surface area contributed by atoms with Crippen LogP contribution < -0.4 is 0 Å². The summed E-state index contributed by atoms with van der Waals surface area (Å²) in [5.74, 6) is 0. The van der Waals surface area contributed by atoms with E-state index >= 15 is 0 Å². The summed E-state index contributed by atoms with van der Waals surface area (Å²) in [5.41, 5.74) is -0.0906. The molecule has 0 aliphatic rings. The van der Waals surface area contributed by atoms with Crippen molar-refractivity contribution < 1.29 is 13.2 Å². The summed E-state index contributed by atoms with van der Waals surface area (Å²) in [5, 5.41) is 0. The molecule has 2 rings (SSSR count). The number of hydrogen-bond acceptors (Lipinski definition) is 2. The van der Waals surface area contributed by atoms with Crippen LogP contribution >= 0.6 is 0 Å². The highest BCUT2D eigenvalue weighted by Crippen LogP contribution is 2.24. The van der Waals surface area contributed by atoms with Crippen LogP contribution in [0.3, 0.4) is 0 Å². The molecule has 0 unspecified atom stereocenters. The van der Waals surface area contributed by atoms with E-state index in [1.54, 1.807) is 0 Å². The topological polar surface area (TPSA) is 30.2 Å². The third-order valence-corrected chi connectivity index (χ3v) is 2.42. The van der Waals surface area contributed by atoms with Crippen molar-refractivity contribution in [3.05, 3.63) is 29.7 Å². The normalized spacial score (nSPS) is 12.6. The van der Waals surface area contributed by atoms with Gasteiger partial charge in [-0.25, -0.2) is 18.7 Å². The number of aromatic nitrogens is 3. The third kappa shape index (κ3) is 2.11. The van der Waals surface area contributed by atoms with Crippen LogP contribution in [0.1, 0.15) is 38.6 Å². The molecule has 0 saturated carbocycles. The van der Waals surface area contributed by atoms with Crippen LogP contribution in [0.2, 0.25) is 0 Å². The van der Waals surface area contributed by atoms with Gasteiger partial charge in [0.25, 0.3) is 12.5 Å². The van der Waals surface area contributed by atoms with Gasteiger partial charge < -0.3 is 0 Å². The molecule has 0 bridgehead atoms. The Morgan fingerprint density at radius 3 is 2.41 bits per heavy atom. The van der Waals surface area contributed by atoms with Gasteiger partial charge >= 0.3 is 0 Å². The fourth-order valence-corrected chi connectivity index (χ4v) is 1.44. The van der Waals surface area contributed by atoms with Crippen molar-refractivity contribution in [1.29, 1.82) is 0 Å². The van der Waals surface area contributed by atoms with E-state index in [0.29, 0.717) is 5.69 Å². The summed E-state index contributed by atoms with van der Waals surface area (Å²) in [7, 11) is 0. The van der Waals surface area contributed by atoms with Gasteiger partial charge in [0.05, 0.1) is 5.69 Å². The first kappa shape index (κ1) is 11.9. The largest absolute Gasteiger partial charge is 0.295 e. The van der Waals surface area contributed by atoms with Crippen molar-refractivity contribution in [3.63, 3.8) is 0 Å². The number of fused-ring (bicyclic) bond motifs is 1. The van der Waals surface area contributed by atoms with Gasteiger partial charge in [-0.1, -0.05) is 20.8 Å². The van der Waals surface area contributed by atoms with Crippen molar-refractivity contribution in [2.24, 2.45) is 0 Å². The molecule has 17 heavy (non-hydrogen) atoms. The summed E-state index contributed by atoms with van der Waals surface area (Å²) < 4.78 is 39.5. The fraction of sp³-hybridized carbons (Fsp3) is 0.455. The molecule has 92 valence electrons. The molecular weight excluding hydrogens is 231 g/mol. The minimum absolute atomic E-state index is 0.151. The predicted octanol–water partition coefficient (Wildman–Crippen LogP) is 3.10. The average Bonchev–Trinajstić information content (AvgIpc) is 2.60. The molecule has 0 aliphatic heterocycles. The van der Waals surface area contributed by atoms with Gasteiger partial charge in [-0.15, -0.1) is 0 Å². The minimum Gasteiger partial charge on any atom is -0.260 e. The Bertz CT molecular complexity index is 555. The molecule has 2 heterocycles. The molecule has 0 fully saturated rings. The van der Waals surface area contributed by atoms with Crippen LogP contribution in [-0.2, 0) is 5.41 Å². The van der Waals surface area contributed by atoms with Crippen LogP contribution in [0, 0.1) is 6.08 Å². The van der Waals surface area contributed by atoms with Crippen LogP contribution in [-0.4, -0.2) is 14.4 Å². The Labute approximate surface area is 96.3 Å². The van der Waals surface area contributed by atoms with Crippen LogP contribution in [0.15, 0.2) is 12.3 Å². The number of nitrogens with zero attached hydrogens (tertiary/aromatic N) is 3. The van der Waals surface area contributed by atoms with E-state index < -0.39 is 18.2 Å². The highest BCUT2D eigenvalue weighted by Gasteiger charge is 2.20. The monoisotopic (exact) mass is 243 g/mol. The maximum absolute atomic E-state index is 13.5. The maximum Gasteiger partial charge on any atom is 0.295 e. The number of rotatable bonds is 1. The Hall–Kier alpha value is -1.59. The van der Waals surface area contributed by atoms with E-state index in [1.807, 2.05) is 20.8 Å².